The van der Waals surface area contributed by atoms with Crippen LogP contribution in [0.4, 0.5) is 4.79 Å². The van der Waals surface area contributed by atoms with E-state index in [-0.39, 0.29) is 0 Å². The van der Waals surface area contributed by atoms with Crippen LogP contribution in [-0.4, -0.2) is 40.8 Å². The van der Waals surface area contributed by atoms with Crippen LogP contribution in [0.25, 0.3) is 0 Å². The molecule has 0 radical (unpaired) electrons. The maximum atomic E-state index is 12.3. The van der Waals surface area contributed by atoms with Gasteiger partial charge in [0.25, 0.3) is 11.8 Å². The number of hydrogen-bond acceptors (Lipinski definition) is 5. The Morgan fingerprint density at radius 2 is 2.00 bits per heavy atom. The molecule has 1 heterocycles. The monoisotopic (exact) mass is 351 g/mol. The molecule has 1 aromatic carbocycles. The maximum absolute atomic E-state index is 12.3. The first kappa shape index (κ1) is 18.1. The number of nitrogens with zero attached hydrogens (tertiary/aromatic N) is 1. The fourth-order valence-corrected chi connectivity index (χ4v) is 3.00. The van der Waals surface area contributed by atoms with Crippen molar-refractivity contribution in [2.75, 3.05) is 7.11 Å². The number of benzene rings is 1. The lowest BCUT2D eigenvalue weighted by atomic mass is 10.00. The standard InChI is InChI=1S/C16H21N3O4S/c1-5-16(3)14(21)19(15(22)17-16)18-13(20)10(2)24-12-8-6-11(23-4)7-9-12/h6-10H,5H2,1-4H3,(H,17,22)(H,18,20). The first-order valence-corrected chi connectivity index (χ1v) is 8.46. The number of methoxy groups -OCH3 is 1. The molecular weight excluding hydrogens is 330 g/mol. The number of thioether (sulfide) groups is 1. The molecule has 0 aliphatic carbocycles. The largest absolute Gasteiger partial charge is 0.497 e. The fourth-order valence-electron chi connectivity index (χ4n) is 2.14. The van der Waals surface area contributed by atoms with E-state index >= 15 is 0 Å². The molecule has 2 atom stereocenters. The van der Waals surface area contributed by atoms with E-state index in [0.717, 1.165) is 15.7 Å². The van der Waals surface area contributed by atoms with Crippen molar-refractivity contribution in [1.29, 1.82) is 0 Å². The van der Waals surface area contributed by atoms with Gasteiger partial charge < -0.3 is 10.1 Å². The highest BCUT2D eigenvalue weighted by Gasteiger charge is 2.47. The molecule has 130 valence electrons. The summed E-state index contributed by atoms with van der Waals surface area (Å²) in [5.74, 6) is -0.140. The van der Waals surface area contributed by atoms with Crippen molar-refractivity contribution < 1.29 is 19.1 Å². The zero-order valence-electron chi connectivity index (χ0n) is 14.1. The van der Waals surface area contributed by atoms with Crippen LogP contribution in [0.15, 0.2) is 29.2 Å². The van der Waals surface area contributed by atoms with Crippen LogP contribution >= 0.6 is 11.8 Å². The maximum Gasteiger partial charge on any atom is 0.344 e. The third-order valence-electron chi connectivity index (χ3n) is 3.93. The number of carbonyl (C=O) groups excluding carboxylic acids is 3. The van der Waals surface area contributed by atoms with Crippen LogP contribution in [-0.2, 0) is 9.59 Å². The Hall–Kier alpha value is -2.22. The van der Waals surface area contributed by atoms with E-state index in [4.69, 9.17) is 4.74 Å². The van der Waals surface area contributed by atoms with Gasteiger partial charge in [0.2, 0.25) is 0 Å². The number of rotatable bonds is 6. The molecule has 1 aromatic rings. The second kappa shape index (κ2) is 7.12. The van der Waals surface area contributed by atoms with Crippen molar-refractivity contribution in [2.24, 2.45) is 0 Å². The van der Waals surface area contributed by atoms with Crippen molar-refractivity contribution in [3.05, 3.63) is 24.3 Å². The summed E-state index contributed by atoms with van der Waals surface area (Å²) >= 11 is 1.33. The van der Waals surface area contributed by atoms with Gasteiger partial charge in [-0.3, -0.25) is 15.0 Å². The van der Waals surface area contributed by atoms with E-state index in [9.17, 15) is 14.4 Å². The van der Waals surface area contributed by atoms with E-state index < -0.39 is 28.6 Å². The van der Waals surface area contributed by atoms with Crippen LogP contribution in [0.2, 0.25) is 0 Å². The topological polar surface area (TPSA) is 87.7 Å². The summed E-state index contributed by atoms with van der Waals surface area (Å²) in [5.41, 5.74) is 1.42. The zero-order chi connectivity index (χ0) is 17.9. The minimum atomic E-state index is -0.975. The fraction of sp³-hybridized carbons (Fsp3) is 0.438. The normalized spacial score (nSPS) is 21.4. The Kier molecular flexibility index (Phi) is 5.38. The minimum absolute atomic E-state index is 0.417. The molecule has 0 spiro atoms. The van der Waals surface area contributed by atoms with Crippen LogP contribution < -0.4 is 15.5 Å². The molecule has 1 aliphatic heterocycles. The summed E-state index contributed by atoms with van der Waals surface area (Å²) in [6.45, 7) is 5.14. The third-order valence-corrected chi connectivity index (χ3v) is 5.04. The Labute approximate surface area is 145 Å². The SMILES string of the molecule is CCC1(C)NC(=O)N(NC(=O)C(C)Sc2ccc(OC)cc2)C1=O. The van der Waals surface area contributed by atoms with E-state index in [1.807, 2.05) is 12.1 Å². The van der Waals surface area contributed by atoms with Crippen molar-refractivity contribution in [2.45, 2.75) is 42.9 Å². The third kappa shape index (κ3) is 3.64. The molecule has 2 unspecified atom stereocenters. The van der Waals surface area contributed by atoms with Crippen molar-refractivity contribution >= 4 is 29.6 Å². The van der Waals surface area contributed by atoms with Gasteiger partial charge in [-0.1, -0.05) is 6.92 Å². The molecular formula is C16H21N3O4S. The lowest BCUT2D eigenvalue weighted by molar-refractivity contribution is -0.138. The number of ether oxygens (including phenoxy) is 1. The predicted molar refractivity (Wildman–Crippen MR) is 90.5 cm³/mol. The molecule has 24 heavy (non-hydrogen) atoms. The van der Waals surface area contributed by atoms with E-state index in [2.05, 4.69) is 10.7 Å². The van der Waals surface area contributed by atoms with Crippen molar-refractivity contribution in [3.63, 3.8) is 0 Å². The second-order valence-electron chi connectivity index (χ2n) is 5.67. The van der Waals surface area contributed by atoms with Crippen molar-refractivity contribution in [1.82, 2.24) is 15.8 Å². The first-order valence-electron chi connectivity index (χ1n) is 7.58. The van der Waals surface area contributed by atoms with Gasteiger partial charge in [-0.25, -0.2) is 4.79 Å². The van der Waals surface area contributed by atoms with E-state index in [1.54, 1.807) is 40.0 Å². The number of hydrogen-bond donors (Lipinski definition) is 2. The smallest absolute Gasteiger partial charge is 0.344 e. The molecule has 2 N–H and O–H groups in total. The van der Waals surface area contributed by atoms with Crippen molar-refractivity contribution in [3.8, 4) is 5.75 Å². The van der Waals surface area contributed by atoms with Gasteiger partial charge in [0.15, 0.2) is 0 Å². The summed E-state index contributed by atoms with van der Waals surface area (Å²) < 4.78 is 5.09. The second-order valence-corrected chi connectivity index (χ2v) is 7.08. The summed E-state index contributed by atoms with van der Waals surface area (Å²) in [6, 6.07) is 6.68. The van der Waals surface area contributed by atoms with Gasteiger partial charge in [0, 0.05) is 4.90 Å². The summed E-state index contributed by atoms with van der Waals surface area (Å²) in [7, 11) is 1.58. The molecule has 7 nitrogen and oxygen atoms in total. The number of amides is 4. The Bertz CT molecular complexity index is 649. The number of hydrazine groups is 1. The summed E-state index contributed by atoms with van der Waals surface area (Å²) in [6.07, 6.45) is 0.445. The Morgan fingerprint density at radius 3 is 2.50 bits per heavy atom. The number of urea groups is 1. The highest BCUT2D eigenvalue weighted by atomic mass is 32.2. The lowest BCUT2D eigenvalue weighted by Gasteiger charge is -2.20. The van der Waals surface area contributed by atoms with Crippen LogP contribution in [0.1, 0.15) is 27.2 Å². The van der Waals surface area contributed by atoms with Gasteiger partial charge in [-0.15, -0.1) is 11.8 Å². The molecule has 4 amide bonds. The van der Waals surface area contributed by atoms with Crippen LogP contribution in [0.5, 0.6) is 5.75 Å². The summed E-state index contributed by atoms with van der Waals surface area (Å²) in [5, 5.41) is 2.87. The Morgan fingerprint density at radius 1 is 1.38 bits per heavy atom. The average Bonchev–Trinajstić information content (AvgIpc) is 2.79. The Balaban J connectivity index is 1.98. The van der Waals surface area contributed by atoms with E-state index in [1.165, 1.54) is 11.8 Å². The van der Waals surface area contributed by atoms with Gasteiger partial charge >= 0.3 is 6.03 Å². The van der Waals surface area contributed by atoms with Crippen LogP contribution in [0, 0.1) is 0 Å². The minimum Gasteiger partial charge on any atom is -0.497 e. The lowest BCUT2D eigenvalue weighted by Crippen LogP contribution is -2.50. The summed E-state index contributed by atoms with van der Waals surface area (Å²) in [4.78, 5) is 37.3. The van der Waals surface area contributed by atoms with E-state index in [0.29, 0.717) is 6.42 Å². The molecule has 0 bridgehead atoms. The van der Waals surface area contributed by atoms with Crippen LogP contribution in [0.3, 0.4) is 0 Å². The highest BCUT2D eigenvalue weighted by Crippen LogP contribution is 2.26. The van der Waals surface area contributed by atoms with Gasteiger partial charge in [-0.05, 0) is 44.5 Å². The number of nitrogens with one attached hydrogen (secondary N) is 2. The molecule has 2 rings (SSSR count). The highest BCUT2D eigenvalue weighted by molar-refractivity contribution is 8.00. The predicted octanol–water partition coefficient (Wildman–Crippen LogP) is 1.93. The molecule has 1 saturated heterocycles. The number of imide groups is 1. The van der Waals surface area contributed by atoms with Gasteiger partial charge in [0.05, 0.1) is 12.4 Å². The zero-order valence-corrected chi connectivity index (χ0v) is 14.9. The molecule has 1 fully saturated rings. The van der Waals surface area contributed by atoms with Gasteiger partial charge in [-0.2, -0.15) is 5.01 Å². The quantitative estimate of drug-likeness (QED) is 0.604. The first-order chi connectivity index (χ1) is 11.3. The molecule has 1 aliphatic rings. The number of carbonyl (C=O) groups is 3. The molecule has 0 saturated carbocycles. The van der Waals surface area contributed by atoms with Gasteiger partial charge in [0.1, 0.15) is 11.3 Å². The molecule has 0 aromatic heterocycles. The molecule has 8 heteroatoms. The average molecular weight is 351 g/mol.